The van der Waals surface area contributed by atoms with E-state index in [0.29, 0.717) is 18.7 Å². The minimum atomic E-state index is -1.45. The molecule has 1 aromatic rings. The molecule has 4 atom stereocenters. The fourth-order valence-corrected chi connectivity index (χ4v) is 3.65. The number of hydrogen-bond donors (Lipinski definition) is 8. The molecule has 0 saturated carbocycles. The van der Waals surface area contributed by atoms with E-state index in [2.05, 4.69) is 31.2 Å². The lowest BCUT2D eigenvalue weighted by Crippen LogP contribution is -2.57. The molecule has 198 valence electrons. The first kappa shape index (κ1) is 28.2. The van der Waals surface area contributed by atoms with Crippen molar-refractivity contribution in [2.45, 2.75) is 69.1 Å². The third-order valence-corrected chi connectivity index (χ3v) is 5.60. The standard InChI is InChI=1S/C21H32N8O7/c22-16(30)5-3-13(19(33)28-14(21(35)36)4-6-17(23)31)27-20(34)15(8-11-9-24-10-26-11)29-18(32)12-2-1-7-25-12/h9-10,12-15,25H,1-8H2,(H2,22,30)(H2,23,31)(H,24,26)(H,27,34)(H,28,33)(H,29,32)(H,35,36). The molecule has 36 heavy (non-hydrogen) atoms. The smallest absolute Gasteiger partial charge is 0.326 e. The number of rotatable bonds is 15. The van der Waals surface area contributed by atoms with Gasteiger partial charge in [0.2, 0.25) is 29.5 Å². The number of primary amides is 2. The van der Waals surface area contributed by atoms with Gasteiger partial charge in [-0.2, -0.15) is 0 Å². The molecule has 1 aliphatic heterocycles. The number of H-pyrrole nitrogens is 1. The molecule has 15 nitrogen and oxygen atoms in total. The van der Waals surface area contributed by atoms with Crippen LogP contribution < -0.4 is 32.7 Å². The third-order valence-electron chi connectivity index (χ3n) is 5.60. The fourth-order valence-electron chi connectivity index (χ4n) is 3.65. The van der Waals surface area contributed by atoms with Gasteiger partial charge in [-0.1, -0.05) is 0 Å². The van der Waals surface area contributed by atoms with Gasteiger partial charge in [0, 0.05) is 31.2 Å². The Morgan fingerprint density at radius 1 is 0.972 bits per heavy atom. The van der Waals surface area contributed by atoms with Crippen molar-refractivity contribution in [3.63, 3.8) is 0 Å². The highest BCUT2D eigenvalue weighted by Crippen LogP contribution is 2.08. The summed E-state index contributed by atoms with van der Waals surface area (Å²) in [6.45, 7) is 0.672. The SMILES string of the molecule is NC(=O)CCC(NC(=O)C(CCC(N)=O)NC(=O)C(Cc1cnc[nH]1)NC(=O)C1CCCN1)C(=O)O. The second-order valence-corrected chi connectivity index (χ2v) is 8.46. The Morgan fingerprint density at radius 2 is 1.58 bits per heavy atom. The van der Waals surface area contributed by atoms with Crippen molar-refractivity contribution in [1.29, 1.82) is 0 Å². The van der Waals surface area contributed by atoms with Crippen LogP contribution in [-0.2, 0) is 35.2 Å². The topological polar surface area (TPSA) is 251 Å². The molecule has 2 rings (SSSR count). The number of imidazole rings is 1. The molecule has 1 saturated heterocycles. The Balaban J connectivity index is 2.15. The second-order valence-electron chi connectivity index (χ2n) is 8.46. The van der Waals surface area contributed by atoms with E-state index in [1.165, 1.54) is 12.5 Å². The van der Waals surface area contributed by atoms with Gasteiger partial charge in [0.05, 0.1) is 12.4 Å². The Morgan fingerprint density at radius 3 is 2.11 bits per heavy atom. The summed E-state index contributed by atoms with van der Waals surface area (Å²) in [5, 5.41) is 19.8. The molecule has 4 unspecified atom stereocenters. The van der Waals surface area contributed by atoms with Crippen molar-refractivity contribution in [3.8, 4) is 0 Å². The normalized spacial score (nSPS) is 17.4. The first-order valence-corrected chi connectivity index (χ1v) is 11.5. The number of aromatic amines is 1. The van der Waals surface area contributed by atoms with Crippen molar-refractivity contribution in [2.75, 3.05) is 6.54 Å². The first-order chi connectivity index (χ1) is 17.1. The highest BCUT2D eigenvalue weighted by molar-refractivity contribution is 5.94. The van der Waals surface area contributed by atoms with Crippen LogP contribution in [0.15, 0.2) is 12.5 Å². The highest BCUT2D eigenvalue weighted by atomic mass is 16.4. The number of amides is 5. The number of nitrogens with two attached hydrogens (primary N) is 2. The first-order valence-electron chi connectivity index (χ1n) is 11.5. The number of hydrogen-bond acceptors (Lipinski definition) is 8. The molecule has 2 heterocycles. The molecular formula is C21H32N8O7. The van der Waals surface area contributed by atoms with E-state index in [-0.39, 0.29) is 38.0 Å². The highest BCUT2D eigenvalue weighted by Gasteiger charge is 2.32. The number of nitrogens with zero attached hydrogens (tertiary/aromatic N) is 1. The van der Waals surface area contributed by atoms with Gasteiger partial charge >= 0.3 is 5.97 Å². The van der Waals surface area contributed by atoms with Crippen LogP contribution in [0.25, 0.3) is 0 Å². The summed E-state index contributed by atoms with van der Waals surface area (Å²) in [4.78, 5) is 79.2. The van der Waals surface area contributed by atoms with E-state index in [1.54, 1.807) is 0 Å². The van der Waals surface area contributed by atoms with Crippen LogP contribution in [0.3, 0.4) is 0 Å². The second kappa shape index (κ2) is 13.8. The molecule has 1 aliphatic rings. The van der Waals surface area contributed by atoms with Gasteiger partial charge in [-0.25, -0.2) is 9.78 Å². The molecule has 0 aliphatic carbocycles. The summed E-state index contributed by atoms with van der Waals surface area (Å²) in [6, 6.07) is -4.36. The lowest BCUT2D eigenvalue weighted by molar-refractivity contribution is -0.142. The summed E-state index contributed by atoms with van der Waals surface area (Å²) in [7, 11) is 0. The summed E-state index contributed by atoms with van der Waals surface area (Å²) >= 11 is 0. The predicted octanol–water partition coefficient (Wildman–Crippen LogP) is -3.23. The van der Waals surface area contributed by atoms with Gasteiger partial charge in [0.25, 0.3) is 0 Å². The zero-order valence-corrected chi connectivity index (χ0v) is 19.6. The Labute approximate surface area is 206 Å². The van der Waals surface area contributed by atoms with E-state index >= 15 is 0 Å². The molecule has 0 radical (unpaired) electrons. The molecular weight excluding hydrogens is 476 g/mol. The molecule has 5 amide bonds. The van der Waals surface area contributed by atoms with Crippen molar-refractivity contribution < 1.29 is 33.9 Å². The molecule has 0 aromatic carbocycles. The fraction of sp³-hybridized carbons (Fsp3) is 0.571. The molecule has 15 heteroatoms. The number of carboxylic acids is 1. The zero-order valence-electron chi connectivity index (χ0n) is 19.6. The van der Waals surface area contributed by atoms with E-state index in [0.717, 1.165) is 6.42 Å². The van der Waals surface area contributed by atoms with E-state index in [4.69, 9.17) is 11.5 Å². The van der Waals surface area contributed by atoms with Crippen LogP contribution in [0.1, 0.15) is 44.2 Å². The maximum atomic E-state index is 13.2. The van der Waals surface area contributed by atoms with Crippen LogP contribution in [0.5, 0.6) is 0 Å². The van der Waals surface area contributed by atoms with Crippen LogP contribution in [-0.4, -0.2) is 81.3 Å². The molecule has 1 fully saturated rings. The number of carboxylic acid groups (broad SMARTS) is 1. The molecule has 0 bridgehead atoms. The summed E-state index contributed by atoms with van der Waals surface area (Å²) in [6.07, 6.45) is 3.29. The number of aromatic nitrogens is 2. The van der Waals surface area contributed by atoms with Gasteiger partial charge in [-0.05, 0) is 32.2 Å². The summed E-state index contributed by atoms with van der Waals surface area (Å²) < 4.78 is 0. The molecule has 0 spiro atoms. The van der Waals surface area contributed by atoms with Crippen LogP contribution in [0, 0.1) is 0 Å². The van der Waals surface area contributed by atoms with Crippen molar-refractivity contribution in [3.05, 3.63) is 18.2 Å². The Kier molecular flexibility index (Phi) is 10.8. The molecule has 1 aromatic heterocycles. The van der Waals surface area contributed by atoms with Gasteiger partial charge in [-0.3, -0.25) is 24.0 Å². The molecule has 10 N–H and O–H groups in total. The van der Waals surface area contributed by atoms with Crippen LogP contribution >= 0.6 is 0 Å². The summed E-state index contributed by atoms with van der Waals surface area (Å²) in [5.74, 6) is -4.90. The van der Waals surface area contributed by atoms with E-state index in [1.807, 2.05) is 0 Å². The van der Waals surface area contributed by atoms with Crippen molar-refractivity contribution in [2.24, 2.45) is 11.5 Å². The quantitative estimate of drug-likeness (QED) is 0.118. The Hall–Kier alpha value is -4.01. The minimum Gasteiger partial charge on any atom is -0.480 e. The maximum Gasteiger partial charge on any atom is 0.326 e. The minimum absolute atomic E-state index is 0.0326. The van der Waals surface area contributed by atoms with Gasteiger partial charge in [0.1, 0.15) is 18.1 Å². The number of carbonyl (C=O) groups is 6. The van der Waals surface area contributed by atoms with E-state index < -0.39 is 53.8 Å². The number of aliphatic carboxylic acids is 1. The van der Waals surface area contributed by atoms with Crippen LogP contribution in [0.4, 0.5) is 0 Å². The van der Waals surface area contributed by atoms with Crippen molar-refractivity contribution >= 4 is 35.5 Å². The average molecular weight is 509 g/mol. The lowest BCUT2D eigenvalue weighted by Gasteiger charge is -2.25. The third kappa shape index (κ3) is 9.32. The lowest BCUT2D eigenvalue weighted by atomic mass is 10.1. The number of carbonyl (C=O) groups excluding carboxylic acids is 5. The van der Waals surface area contributed by atoms with Crippen LogP contribution in [0.2, 0.25) is 0 Å². The average Bonchev–Trinajstić information content (AvgIpc) is 3.52. The largest absolute Gasteiger partial charge is 0.480 e. The summed E-state index contributed by atoms with van der Waals surface area (Å²) in [5.41, 5.74) is 10.8. The van der Waals surface area contributed by atoms with Crippen molar-refractivity contribution in [1.82, 2.24) is 31.2 Å². The van der Waals surface area contributed by atoms with Gasteiger partial charge in [-0.15, -0.1) is 0 Å². The van der Waals surface area contributed by atoms with Gasteiger partial charge in [0.15, 0.2) is 0 Å². The van der Waals surface area contributed by atoms with E-state index in [9.17, 15) is 33.9 Å². The maximum absolute atomic E-state index is 13.2. The zero-order chi connectivity index (χ0) is 26.7. The number of nitrogens with one attached hydrogen (secondary N) is 5. The Bertz CT molecular complexity index is 946. The predicted molar refractivity (Wildman–Crippen MR) is 124 cm³/mol. The van der Waals surface area contributed by atoms with Gasteiger partial charge < -0.3 is 42.8 Å². The monoisotopic (exact) mass is 508 g/mol.